The SMILES string of the molecule is N#Cc1cc([N+](=O)[O-])ccc1NCc1ccsc1. The summed E-state index contributed by atoms with van der Waals surface area (Å²) < 4.78 is 0. The van der Waals surface area contributed by atoms with E-state index in [2.05, 4.69) is 5.32 Å². The van der Waals surface area contributed by atoms with Crippen LogP contribution in [0.25, 0.3) is 0 Å². The minimum Gasteiger partial charge on any atom is -0.380 e. The van der Waals surface area contributed by atoms with Crippen molar-refractivity contribution in [2.24, 2.45) is 0 Å². The summed E-state index contributed by atoms with van der Waals surface area (Å²) in [5.74, 6) is 0. The zero-order valence-corrected chi connectivity index (χ0v) is 10.1. The first-order chi connectivity index (χ1) is 8.70. The summed E-state index contributed by atoms with van der Waals surface area (Å²) in [6.07, 6.45) is 0. The first-order valence-electron chi connectivity index (χ1n) is 5.14. The molecule has 0 aliphatic heterocycles. The van der Waals surface area contributed by atoms with Crippen molar-refractivity contribution >= 4 is 22.7 Å². The van der Waals surface area contributed by atoms with E-state index in [1.165, 1.54) is 12.1 Å². The van der Waals surface area contributed by atoms with E-state index in [-0.39, 0.29) is 11.3 Å². The molecule has 2 aromatic rings. The molecule has 0 saturated carbocycles. The molecule has 2 rings (SSSR count). The number of benzene rings is 1. The first kappa shape index (κ1) is 12.1. The molecule has 0 unspecified atom stereocenters. The van der Waals surface area contributed by atoms with Gasteiger partial charge in [0.15, 0.2) is 0 Å². The van der Waals surface area contributed by atoms with Crippen molar-refractivity contribution in [1.82, 2.24) is 0 Å². The molecule has 6 heteroatoms. The van der Waals surface area contributed by atoms with Gasteiger partial charge in [-0.1, -0.05) is 0 Å². The molecule has 1 heterocycles. The van der Waals surface area contributed by atoms with Gasteiger partial charge in [0, 0.05) is 18.7 Å². The molecule has 0 aliphatic carbocycles. The maximum Gasteiger partial charge on any atom is 0.270 e. The molecule has 0 amide bonds. The van der Waals surface area contributed by atoms with Crippen molar-refractivity contribution in [3.63, 3.8) is 0 Å². The van der Waals surface area contributed by atoms with Gasteiger partial charge in [-0.05, 0) is 28.5 Å². The smallest absolute Gasteiger partial charge is 0.270 e. The number of nitro groups is 1. The molecule has 5 nitrogen and oxygen atoms in total. The van der Waals surface area contributed by atoms with Gasteiger partial charge in [-0.25, -0.2) is 0 Å². The third kappa shape index (κ3) is 2.64. The van der Waals surface area contributed by atoms with Gasteiger partial charge in [0.05, 0.1) is 16.2 Å². The molecular formula is C12H9N3O2S. The molecular weight excluding hydrogens is 250 g/mol. The molecule has 18 heavy (non-hydrogen) atoms. The van der Waals surface area contributed by atoms with Crippen LogP contribution in [-0.4, -0.2) is 4.92 Å². The summed E-state index contributed by atoms with van der Waals surface area (Å²) in [4.78, 5) is 10.1. The van der Waals surface area contributed by atoms with Gasteiger partial charge in [-0.2, -0.15) is 16.6 Å². The summed E-state index contributed by atoms with van der Waals surface area (Å²) in [5.41, 5.74) is 1.92. The molecule has 1 aromatic carbocycles. The summed E-state index contributed by atoms with van der Waals surface area (Å²) in [5, 5.41) is 26.6. The normalized spacial score (nSPS) is 9.72. The Balaban J connectivity index is 2.18. The lowest BCUT2D eigenvalue weighted by atomic mass is 10.1. The van der Waals surface area contributed by atoms with Crippen molar-refractivity contribution in [3.05, 3.63) is 56.3 Å². The average Bonchev–Trinajstić information content (AvgIpc) is 2.89. The third-order valence-corrected chi connectivity index (χ3v) is 3.13. The number of hydrogen-bond acceptors (Lipinski definition) is 5. The van der Waals surface area contributed by atoms with Gasteiger partial charge < -0.3 is 5.32 Å². The van der Waals surface area contributed by atoms with Crippen LogP contribution in [0.5, 0.6) is 0 Å². The maximum absolute atomic E-state index is 10.6. The molecule has 0 fully saturated rings. The predicted octanol–water partition coefficient (Wildman–Crippen LogP) is 3.14. The van der Waals surface area contributed by atoms with Gasteiger partial charge in [0.1, 0.15) is 6.07 Å². The van der Waals surface area contributed by atoms with E-state index in [1.54, 1.807) is 17.4 Å². The van der Waals surface area contributed by atoms with E-state index < -0.39 is 4.92 Å². The monoisotopic (exact) mass is 259 g/mol. The fourth-order valence-corrected chi connectivity index (χ4v) is 2.15. The largest absolute Gasteiger partial charge is 0.380 e. The van der Waals surface area contributed by atoms with Gasteiger partial charge >= 0.3 is 0 Å². The fraction of sp³-hybridized carbons (Fsp3) is 0.0833. The van der Waals surface area contributed by atoms with Gasteiger partial charge in [-0.3, -0.25) is 10.1 Å². The van der Waals surface area contributed by atoms with E-state index in [0.717, 1.165) is 5.56 Å². The van der Waals surface area contributed by atoms with Crippen LogP contribution >= 0.6 is 11.3 Å². The standard InChI is InChI=1S/C12H9N3O2S/c13-6-10-5-11(15(16)17)1-2-12(10)14-7-9-3-4-18-8-9/h1-5,8,14H,7H2. The Kier molecular flexibility index (Phi) is 3.55. The second-order valence-electron chi connectivity index (χ2n) is 3.58. The Hall–Kier alpha value is -2.39. The van der Waals surface area contributed by atoms with Crippen molar-refractivity contribution in [2.75, 3.05) is 5.32 Å². The lowest BCUT2D eigenvalue weighted by Crippen LogP contribution is -2.01. The number of thiophene rings is 1. The topological polar surface area (TPSA) is 79.0 Å². The molecule has 90 valence electrons. The van der Waals surface area contributed by atoms with E-state index in [9.17, 15) is 10.1 Å². The van der Waals surface area contributed by atoms with Crippen molar-refractivity contribution in [3.8, 4) is 6.07 Å². The molecule has 0 saturated heterocycles. The molecule has 0 aliphatic rings. The van der Waals surface area contributed by atoms with Crippen LogP contribution < -0.4 is 5.32 Å². The Morgan fingerprint density at radius 2 is 2.28 bits per heavy atom. The van der Waals surface area contributed by atoms with Crippen LogP contribution in [0.15, 0.2) is 35.0 Å². The summed E-state index contributed by atoms with van der Waals surface area (Å²) in [6, 6.07) is 8.16. The zero-order chi connectivity index (χ0) is 13.0. The van der Waals surface area contributed by atoms with Crippen LogP contribution in [0, 0.1) is 21.4 Å². The molecule has 0 bridgehead atoms. The molecule has 0 radical (unpaired) electrons. The first-order valence-corrected chi connectivity index (χ1v) is 6.08. The highest BCUT2D eigenvalue weighted by Gasteiger charge is 2.10. The second kappa shape index (κ2) is 5.29. The highest BCUT2D eigenvalue weighted by Crippen LogP contribution is 2.22. The van der Waals surface area contributed by atoms with Crippen LogP contribution in [0.4, 0.5) is 11.4 Å². The van der Waals surface area contributed by atoms with Gasteiger partial charge in [0.2, 0.25) is 0 Å². The van der Waals surface area contributed by atoms with Crippen LogP contribution in [-0.2, 0) is 6.54 Å². The number of non-ortho nitro benzene ring substituents is 1. The lowest BCUT2D eigenvalue weighted by Gasteiger charge is -2.06. The van der Waals surface area contributed by atoms with E-state index in [4.69, 9.17) is 5.26 Å². The minimum absolute atomic E-state index is 0.0763. The summed E-state index contributed by atoms with van der Waals surface area (Å²) >= 11 is 1.60. The third-order valence-electron chi connectivity index (χ3n) is 2.40. The Morgan fingerprint density at radius 1 is 1.44 bits per heavy atom. The summed E-state index contributed by atoms with van der Waals surface area (Å²) in [7, 11) is 0. The van der Waals surface area contributed by atoms with E-state index >= 15 is 0 Å². The Morgan fingerprint density at radius 3 is 2.89 bits per heavy atom. The Bertz CT molecular complexity index is 602. The fourth-order valence-electron chi connectivity index (χ4n) is 1.48. The zero-order valence-electron chi connectivity index (χ0n) is 9.29. The van der Waals surface area contributed by atoms with Crippen molar-refractivity contribution in [2.45, 2.75) is 6.54 Å². The van der Waals surface area contributed by atoms with Crippen LogP contribution in [0.2, 0.25) is 0 Å². The number of anilines is 1. The molecule has 1 N–H and O–H groups in total. The van der Waals surface area contributed by atoms with Gasteiger partial charge in [0.25, 0.3) is 5.69 Å². The quantitative estimate of drug-likeness (QED) is 0.675. The number of nitrogens with zero attached hydrogens (tertiary/aromatic N) is 2. The number of nitro benzene ring substituents is 1. The van der Waals surface area contributed by atoms with E-state index in [1.807, 2.05) is 22.9 Å². The Labute approximate surface area is 107 Å². The van der Waals surface area contributed by atoms with E-state index in [0.29, 0.717) is 12.2 Å². The summed E-state index contributed by atoms with van der Waals surface area (Å²) in [6.45, 7) is 0.593. The van der Waals surface area contributed by atoms with Crippen molar-refractivity contribution in [1.29, 1.82) is 5.26 Å². The molecule has 0 spiro atoms. The second-order valence-corrected chi connectivity index (χ2v) is 4.36. The number of nitrogens with one attached hydrogen (secondary N) is 1. The van der Waals surface area contributed by atoms with Crippen LogP contribution in [0.3, 0.4) is 0 Å². The maximum atomic E-state index is 10.6. The average molecular weight is 259 g/mol. The number of nitriles is 1. The molecule has 1 aromatic heterocycles. The number of rotatable bonds is 4. The lowest BCUT2D eigenvalue weighted by molar-refractivity contribution is -0.384. The highest BCUT2D eigenvalue weighted by atomic mass is 32.1. The minimum atomic E-state index is -0.510. The van der Waals surface area contributed by atoms with Gasteiger partial charge in [-0.15, -0.1) is 0 Å². The molecule has 0 atom stereocenters. The van der Waals surface area contributed by atoms with Crippen molar-refractivity contribution < 1.29 is 4.92 Å². The van der Waals surface area contributed by atoms with Crippen LogP contribution in [0.1, 0.15) is 11.1 Å². The predicted molar refractivity (Wildman–Crippen MR) is 69.5 cm³/mol. The highest BCUT2D eigenvalue weighted by molar-refractivity contribution is 7.07. The number of hydrogen-bond donors (Lipinski definition) is 1.